The van der Waals surface area contributed by atoms with Gasteiger partial charge in [-0.3, -0.25) is 4.90 Å². The van der Waals surface area contributed by atoms with Gasteiger partial charge in [0.2, 0.25) is 0 Å². The zero-order chi connectivity index (χ0) is 20.1. The van der Waals surface area contributed by atoms with E-state index < -0.39 is 6.10 Å². The molecule has 0 unspecified atom stereocenters. The van der Waals surface area contributed by atoms with Gasteiger partial charge in [0.05, 0.1) is 5.69 Å². The molecule has 1 aliphatic rings. The molecule has 28 heavy (non-hydrogen) atoms. The molecule has 1 saturated heterocycles. The maximum atomic E-state index is 13.9. The third-order valence-corrected chi connectivity index (χ3v) is 5.34. The molecule has 0 saturated carbocycles. The molecule has 0 radical (unpaired) electrons. The minimum Gasteiger partial charge on any atom is -0.491 e. The van der Waals surface area contributed by atoms with E-state index >= 15 is 0 Å². The Morgan fingerprint density at radius 3 is 2.43 bits per heavy atom. The predicted molar refractivity (Wildman–Crippen MR) is 112 cm³/mol. The van der Waals surface area contributed by atoms with Crippen molar-refractivity contribution < 1.29 is 14.2 Å². The van der Waals surface area contributed by atoms with Crippen LogP contribution in [0.2, 0.25) is 0 Å². The topological polar surface area (TPSA) is 35.9 Å². The highest BCUT2D eigenvalue weighted by molar-refractivity contribution is 5.48. The first-order chi connectivity index (χ1) is 13.4. The number of nitrogens with zero attached hydrogens (tertiary/aromatic N) is 2. The van der Waals surface area contributed by atoms with Gasteiger partial charge >= 0.3 is 0 Å². The van der Waals surface area contributed by atoms with Crippen LogP contribution in [0.1, 0.15) is 30.9 Å². The average Bonchev–Trinajstić information content (AvgIpc) is 2.67. The minimum absolute atomic E-state index is 0.178. The highest BCUT2D eigenvalue weighted by Crippen LogP contribution is 2.24. The van der Waals surface area contributed by atoms with E-state index in [2.05, 4.69) is 36.6 Å². The van der Waals surface area contributed by atoms with E-state index in [4.69, 9.17) is 4.74 Å². The lowest BCUT2D eigenvalue weighted by Crippen LogP contribution is -2.49. The van der Waals surface area contributed by atoms with Crippen LogP contribution in [-0.2, 0) is 0 Å². The Morgan fingerprint density at radius 1 is 1.07 bits per heavy atom. The Balaban J connectivity index is 1.44. The molecular weight excluding hydrogens is 355 g/mol. The smallest absolute Gasteiger partial charge is 0.146 e. The summed E-state index contributed by atoms with van der Waals surface area (Å²) in [6.07, 6.45) is -0.551. The maximum Gasteiger partial charge on any atom is 0.146 e. The number of β-amino-alcohol motifs (C(OH)–C–C–N with tert-alkyl or cyclic N) is 1. The second-order valence-corrected chi connectivity index (χ2v) is 7.88. The lowest BCUT2D eigenvalue weighted by atomic mass is 9.98. The van der Waals surface area contributed by atoms with Gasteiger partial charge in [0, 0.05) is 32.7 Å². The molecule has 0 bridgehead atoms. The van der Waals surface area contributed by atoms with Crippen LogP contribution in [0, 0.1) is 12.7 Å². The van der Waals surface area contributed by atoms with Gasteiger partial charge in [0.1, 0.15) is 24.3 Å². The predicted octanol–water partition coefficient (Wildman–Crippen LogP) is 3.82. The molecule has 1 fully saturated rings. The first-order valence-corrected chi connectivity index (χ1v) is 10.1. The molecular formula is C23H31FN2O2. The summed E-state index contributed by atoms with van der Waals surface area (Å²) in [6.45, 7) is 10.4. The van der Waals surface area contributed by atoms with Crippen LogP contribution in [0.25, 0.3) is 0 Å². The van der Waals surface area contributed by atoms with Crippen molar-refractivity contribution in [1.29, 1.82) is 0 Å². The van der Waals surface area contributed by atoms with Crippen LogP contribution in [0.4, 0.5) is 10.1 Å². The number of rotatable bonds is 7. The van der Waals surface area contributed by atoms with Crippen molar-refractivity contribution in [2.24, 2.45) is 0 Å². The highest BCUT2D eigenvalue weighted by Gasteiger charge is 2.21. The van der Waals surface area contributed by atoms with E-state index in [0.29, 0.717) is 18.2 Å². The molecule has 0 aromatic heterocycles. The molecule has 1 aliphatic heterocycles. The molecule has 2 aromatic rings. The summed E-state index contributed by atoms with van der Waals surface area (Å²) < 4.78 is 19.7. The standard InChI is InChI=1S/C23H31FN2O2/c1-17(2)21-9-8-20(14-18(21)3)28-16-19(27)15-25-10-12-26(13-11-25)23-7-5-4-6-22(23)24/h4-9,14,17,19,27H,10-13,15-16H2,1-3H3/t19-/m1/s1. The number of aryl methyl sites for hydroxylation is 1. The molecule has 152 valence electrons. The Hall–Kier alpha value is -2.11. The summed E-state index contributed by atoms with van der Waals surface area (Å²) in [7, 11) is 0. The number of hydrogen-bond donors (Lipinski definition) is 1. The summed E-state index contributed by atoms with van der Waals surface area (Å²) in [5, 5.41) is 10.4. The molecule has 4 nitrogen and oxygen atoms in total. The molecule has 0 amide bonds. The van der Waals surface area contributed by atoms with Crippen molar-refractivity contribution in [3.05, 3.63) is 59.4 Å². The van der Waals surface area contributed by atoms with Gasteiger partial charge < -0.3 is 14.7 Å². The number of piperazine rings is 1. The number of benzene rings is 2. The van der Waals surface area contributed by atoms with Gasteiger partial charge in [0.15, 0.2) is 0 Å². The van der Waals surface area contributed by atoms with Crippen LogP contribution < -0.4 is 9.64 Å². The van der Waals surface area contributed by atoms with Gasteiger partial charge in [-0.05, 0) is 48.2 Å². The number of aliphatic hydroxyl groups is 1. The van der Waals surface area contributed by atoms with Crippen molar-refractivity contribution >= 4 is 5.69 Å². The third-order valence-electron chi connectivity index (χ3n) is 5.34. The lowest BCUT2D eigenvalue weighted by Gasteiger charge is -2.36. The van der Waals surface area contributed by atoms with Crippen LogP contribution in [0.5, 0.6) is 5.75 Å². The van der Waals surface area contributed by atoms with E-state index in [0.717, 1.165) is 31.9 Å². The van der Waals surface area contributed by atoms with Crippen molar-refractivity contribution in [3.8, 4) is 5.75 Å². The summed E-state index contributed by atoms with van der Waals surface area (Å²) in [5.74, 6) is 1.11. The molecule has 0 spiro atoms. The van der Waals surface area contributed by atoms with Gasteiger partial charge in [-0.1, -0.05) is 32.0 Å². The van der Waals surface area contributed by atoms with Crippen molar-refractivity contribution in [3.63, 3.8) is 0 Å². The fraction of sp³-hybridized carbons (Fsp3) is 0.478. The Labute approximate surface area is 167 Å². The van der Waals surface area contributed by atoms with Crippen LogP contribution >= 0.6 is 0 Å². The zero-order valence-electron chi connectivity index (χ0n) is 17.1. The average molecular weight is 387 g/mol. The lowest BCUT2D eigenvalue weighted by molar-refractivity contribution is 0.0662. The van der Waals surface area contributed by atoms with E-state index in [1.54, 1.807) is 6.07 Å². The third kappa shape index (κ3) is 5.24. The fourth-order valence-electron chi connectivity index (χ4n) is 3.81. The monoisotopic (exact) mass is 386 g/mol. The summed E-state index contributed by atoms with van der Waals surface area (Å²) >= 11 is 0. The minimum atomic E-state index is -0.551. The molecule has 2 aromatic carbocycles. The van der Waals surface area contributed by atoms with E-state index in [-0.39, 0.29) is 12.4 Å². The summed E-state index contributed by atoms with van der Waals surface area (Å²) in [4.78, 5) is 4.27. The Kier molecular flexibility index (Phi) is 6.92. The second-order valence-electron chi connectivity index (χ2n) is 7.88. The first kappa shape index (κ1) is 20.6. The Bertz CT molecular complexity index is 773. The molecule has 1 atom stereocenters. The number of para-hydroxylation sites is 1. The van der Waals surface area contributed by atoms with Crippen molar-refractivity contribution in [1.82, 2.24) is 4.90 Å². The van der Waals surface area contributed by atoms with E-state index in [1.165, 1.54) is 17.2 Å². The maximum absolute atomic E-state index is 13.9. The second kappa shape index (κ2) is 9.39. The van der Waals surface area contributed by atoms with Crippen LogP contribution in [0.3, 0.4) is 0 Å². The first-order valence-electron chi connectivity index (χ1n) is 10.1. The van der Waals surface area contributed by atoms with Gasteiger partial charge in [0.25, 0.3) is 0 Å². The van der Waals surface area contributed by atoms with Gasteiger partial charge in [-0.2, -0.15) is 0 Å². The van der Waals surface area contributed by atoms with E-state index in [9.17, 15) is 9.50 Å². The van der Waals surface area contributed by atoms with Crippen molar-refractivity contribution in [2.75, 3.05) is 44.2 Å². The number of halogens is 1. The number of hydrogen-bond acceptors (Lipinski definition) is 4. The normalized spacial score (nSPS) is 16.4. The fourth-order valence-corrected chi connectivity index (χ4v) is 3.81. The number of ether oxygens (including phenoxy) is 1. The molecule has 1 heterocycles. The number of aliphatic hydroxyl groups excluding tert-OH is 1. The highest BCUT2D eigenvalue weighted by atomic mass is 19.1. The quantitative estimate of drug-likeness (QED) is 0.785. The molecule has 3 rings (SSSR count). The zero-order valence-corrected chi connectivity index (χ0v) is 17.1. The molecule has 1 N–H and O–H groups in total. The summed E-state index contributed by atoms with van der Waals surface area (Å²) in [5.41, 5.74) is 3.19. The number of anilines is 1. The molecule has 0 aliphatic carbocycles. The van der Waals surface area contributed by atoms with Crippen molar-refractivity contribution in [2.45, 2.75) is 32.8 Å². The molecule has 5 heteroatoms. The summed E-state index contributed by atoms with van der Waals surface area (Å²) in [6, 6.07) is 13.0. The van der Waals surface area contributed by atoms with E-state index in [1.807, 2.05) is 24.3 Å². The van der Waals surface area contributed by atoms with Gasteiger partial charge in [-0.15, -0.1) is 0 Å². The van der Waals surface area contributed by atoms with Crippen LogP contribution in [-0.4, -0.2) is 55.4 Å². The largest absolute Gasteiger partial charge is 0.491 e. The van der Waals surface area contributed by atoms with Crippen LogP contribution in [0.15, 0.2) is 42.5 Å². The Morgan fingerprint density at radius 2 is 1.79 bits per heavy atom. The van der Waals surface area contributed by atoms with Gasteiger partial charge in [-0.25, -0.2) is 4.39 Å². The SMILES string of the molecule is Cc1cc(OC[C@H](O)CN2CCN(c3ccccc3F)CC2)ccc1C(C)C.